The van der Waals surface area contributed by atoms with Crippen LogP contribution in [0.2, 0.25) is 0 Å². The zero-order valence-electron chi connectivity index (χ0n) is 12.0. The molecule has 0 radical (unpaired) electrons. The summed E-state index contributed by atoms with van der Waals surface area (Å²) in [6.45, 7) is 0. The first-order chi connectivity index (χ1) is 9.94. The van der Waals surface area contributed by atoms with Crippen molar-refractivity contribution in [2.45, 2.75) is 5.75 Å². The second-order valence-electron chi connectivity index (χ2n) is 4.36. The van der Waals surface area contributed by atoms with Crippen LogP contribution in [0, 0.1) is 0 Å². The molecule has 2 rings (SSSR count). The van der Waals surface area contributed by atoms with Crippen LogP contribution in [0.25, 0.3) is 6.08 Å². The fraction of sp³-hybridized carbons (Fsp3) is 0.0667. The van der Waals surface area contributed by atoms with Gasteiger partial charge in [0.25, 0.3) is 0 Å². The summed E-state index contributed by atoms with van der Waals surface area (Å²) in [5.41, 5.74) is 1.49. The van der Waals surface area contributed by atoms with Gasteiger partial charge in [0.1, 0.15) is 5.69 Å². The van der Waals surface area contributed by atoms with Gasteiger partial charge in [-0.05, 0) is 29.3 Å². The van der Waals surface area contributed by atoms with Gasteiger partial charge in [-0.2, -0.15) is 0 Å². The number of allylic oxidation sites excluding steroid dienone is 1. The van der Waals surface area contributed by atoms with E-state index in [9.17, 15) is 17.8 Å². The topological polar surface area (TPSA) is 87.2 Å². The number of carbonyl (C=O) groups is 1. The standard InChI is InChI=1S/C15H13NO4S.Na/c17-15(14-3-1-2-10-16-14)9-8-12-4-6-13(7-5-12)11-21(18,19)20;/h1-10H,11H2,(H,18,19,20);/q;+1/p-1/b9-8+;. The zero-order valence-corrected chi connectivity index (χ0v) is 14.8. The molecule has 0 unspecified atom stereocenters. The largest absolute Gasteiger partial charge is 1.00 e. The van der Waals surface area contributed by atoms with Crippen LogP contribution >= 0.6 is 0 Å². The molecule has 0 fully saturated rings. The van der Waals surface area contributed by atoms with E-state index in [1.165, 1.54) is 6.08 Å². The van der Waals surface area contributed by atoms with Crippen molar-refractivity contribution in [1.29, 1.82) is 0 Å². The van der Waals surface area contributed by atoms with Crippen molar-refractivity contribution in [3.05, 3.63) is 71.6 Å². The predicted octanol–water partition coefficient (Wildman–Crippen LogP) is -0.973. The molecule has 0 aliphatic heterocycles. The van der Waals surface area contributed by atoms with E-state index in [4.69, 9.17) is 0 Å². The molecule has 0 bridgehead atoms. The first-order valence-corrected chi connectivity index (χ1v) is 7.68. The molecule has 0 saturated heterocycles. The van der Waals surface area contributed by atoms with Gasteiger partial charge < -0.3 is 4.55 Å². The van der Waals surface area contributed by atoms with Gasteiger partial charge in [0, 0.05) is 6.20 Å². The SMILES string of the molecule is O=C(/C=C/c1ccc(CS(=O)(=O)[O-])cc1)c1ccccn1.[Na+]. The first kappa shape index (κ1) is 18.7. The van der Waals surface area contributed by atoms with Gasteiger partial charge in [0.05, 0.1) is 15.9 Å². The first-order valence-electron chi connectivity index (χ1n) is 6.10. The van der Waals surface area contributed by atoms with Gasteiger partial charge >= 0.3 is 29.6 Å². The maximum atomic E-state index is 11.8. The fourth-order valence-corrected chi connectivity index (χ4v) is 2.30. The second-order valence-corrected chi connectivity index (χ2v) is 5.76. The van der Waals surface area contributed by atoms with Crippen molar-refractivity contribution in [3.63, 3.8) is 0 Å². The molecule has 0 N–H and O–H groups in total. The number of benzene rings is 1. The number of ketones is 1. The van der Waals surface area contributed by atoms with Gasteiger partial charge in [-0.3, -0.25) is 9.78 Å². The van der Waals surface area contributed by atoms with Crippen molar-refractivity contribution < 1.29 is 47.3 Å². The van der Waals surface area contributed by atoms with E-state index in [1.807, 2.05) is 0 Å². The third-order valence-corrected chi connectivity index (χ3v) is 3.35. The molecule has 7 heteroatoms. The van der Waals surface area contributed by atoms with E-state index in [-0.39, 0.29) is 35.3 Å². The maximum absolute atomic E-state index is 11.8. The normalized spacial score (nSPS) is 11.1. The van der Waals surface area contributed by atoms with E-state index < -0.39 is 15.9 Å². The van der Waals surface area contributed by atoms with E-state index in [2.05, 4.69) is 4.98 Å². The Hall–Kier alpha value is -1.31. The molecule has 108 valence electrons. The van der Waals surface area contributed by atoms with Crippen LogP contribution in [-0.2, 0) is 15.9 Å². The zero-order chi connectivity index (χ0) is 15.3. The van der Waals surface area contributed by atoms with Crippen LogP contribution < -0.4 is 29.6 Å². The molecule has 0 aliphatic rings. The average molecular weight is 325 g/mol. The molecule has 2 aromatic rings. The molecule has 0 spiro atoms. The Kier molecular flexibility index (Phi) is 7.12. The number of rotatable bonds is 5. The monoisotopic (exact) mass is 325 g/mol. The number of nitrogens with zero attached hydrogens (tertiary/aromatic N) is 1. The van der Waals surface area contributed by atoms with Crippen LogP contribution in [-0.4, -0.2) is 23.7 Å². The Balaban J connectivity index is 0.00000242. The Bertz CT molecular complexity index is 756. The molecule has 0 aliphatic carbocycles. The molecule has 1 heterocycles. The van der Waals surface area contributed by atoms with Gasteiger partial charge in [-0.15, -0.1) is 0 Å². The Morgan fingerprint density at radius 3 is 2.36 bits per heavy atom. The van der Waals surface area contributed by atoms with Crippen molar-refractivity contribution >= 4 is 22.0 Å². The molecule has 0 atom stereocenters. The average Bonchev–Trinajstić information content (AvgIpc) is 2.45. The molecular weight excluding hydrogens is 313 g/mol. The molecule has 1 aromatic heterocycles. The minimum Gasteiger partial charge on any atom is -0.748 e. The molecule has 0 saturated carbocycles. The number of hydrogen-bond donors (Lipinski definition) is 0. The fourth-order valence-electron chi connectivity index (χ4n) is 1.69. The summed E-state index contributed by atoms with van der Waals surface area (Å²) in [6, 6.07) is 11.4. The summed E-state index contributed by atoms with van der Waals surface area (Å²) in [7, 11) is -4.28. The number of hydrogen-bond acceptors (Lipinski definition) is 5. The van der Waals surface area contributed by atoms with Gasteiger partial charge in [0.2, 0.25) is 5.78 Å². The molecule has 1 aromatic carbocycles. The van der Waals surface area contributed by atoms with Gasteiger partial charge in [-0.25, -0.2) is 8.42 Å². The van der Waals surface area contributed by atoms with Crippen molar-refractivity contribution in [3.8, 4) is 0 Å². The smallest absolute Gasteiger partial charge is 0.748 e. The molecule has 5 nitrogen and oxygen atoms in total. The van der Waals surface area contributed by atoms with Gasteiger partial charge in [-0.1, -0.05) is 36.4 Å². The molecule has 0 amide bonds. The summed E-state index contributed by atoms with van der Waals surface area (Å²) in [4.78, 5) is 15.7. The van der Waals surface area contributed by atoms with Gasteiger partial charge in [0.15, 0.2) is 0 Å². The summed E-state index contributed by atoms with van der Waals surface area (Å²) in [5.74, 6) is -0.758. The summed E-state index contributed by atoms with van der Waals surface area (Å²) in [5, 5.41) is 0. The van der Waals surface area contributed by atoms with Crippen molar-refractivity contribution in [2.75, 3.05) is 0 Å². The minimum atomic E-state index is -4.28. The Morgan fingerprint density at radius 2 is 1.82 bits per heavy atom. The van der Waals surface area contributed by atoms with E-state index in [1.54, 1.807) is 54.7 Å². The van der Waals surface area contributed by atoms with Crippen molar-refractivity contribution in [1.82, 2.24) is 4.98 Å². The number of pyridine rings is 1. The molecule has 22 heavy (non-hydrogen) atoms. The Labute approximate surface area is 151 Å². The summed E-state index contributed by atoms with van der Waals surface area (Å²) >= 11 is 0. The van der Waals surface area contributed by atoms with Crippen LogP contribution in [0.5, 0.6) is 0 Å². The minimum absolute atomic E-state index is 0. The van der Waals surface area contributed by atoms with Crippen LogP contribution in [0.15, 0.2) is 54.7 Å². The van der Waals surface area contributed by atoms with Crippen molar-refractivity contribution in [2.24, 2.45) is 0 Å². The van der Waals surface area contributed by atoms with E-state index in [0.29, 0.717) is 11.3 Å². The van der Waals surface area contributed by atoms with Crippen LogP contribution in [0.4, 0.5) is 0 Å². The maximum Gasteiger partial charge on any atom is 1.00 e. The third kappa shape index (κ3) is 6.21. The third-order valence-electron chi connectivity index (χ3n) is 2.67. The summed E-state index contributed by atoms with van der Waals surface area (Å²) < 4.78 is 31.9. The summed E-state index contributed by atoms with van der Waals surface area (Å²) in [6.07, 6.45) is 4.54. The van der Waals surface area contributed by atoms with E-state index >= 15 is 0 Å². The van der Waals surface area contributed by atoms with Crippen LogP contribution in [0.3, 0.4) is 0 Å². The number of carbonyl (C=O) groups excluding carboxylic acids is 1. The van der Waals surface area contributed by atoms with E-state index in [0.717, 1.165) is 5.56 Å². The predicted molar refractivity (Wildman–Crippen MR) is 77.4 cm³/mol. The number of aromatic nitrogens is 1. The molecular formula is C15H12NNaO4S. The van der Waals surface area contributed by atoms with Crippen LogP contribution in [0.1, 0.15) is 21.6 Å². The Morgan fingerprint density at radius 1 is 1.14 bits per heavy atom. The second kappa shape index (κ2) is 8.36. The quantitative estimate of drug-likeness (QED) is 0.305.